The number of nitrogens with zero attached hydrogens (tertiary/aromatic N) is 5. The van der Waals surface area contributed by atoms with Gasteiger partial charge in [0.2, 0.25) is 15.9 Å². The van der Waals surface area contributed by atoms with Crippen molar-refractivity contribution >= 4 is 32.8 Å². The normalized spacial score (nSPS) is 15.2. The number of amides is 1. The van der Waals surface area contributed by atoms with Gasteiger partial charge in [-0.1, -0.05) is 6.07 Å². The number of nitrogens with one attached hydrogen (secondary N) is 1. The second-order valence-corrected chi connectivity index (χ2v) is 9.28. The molecule has 170 valence electrons. The van der Waals surface area contributed by atoms with Gasteiger partial charge >= 0.3 is 5.69 Å². The fraction of sp³-hybridized carbons (Fsp3) is 0.368. The summed E-state index contributed by atoms with van der Waals surface area (Å²) in [6, 6.07) is 5.97. The molecule has 32 heavy (non-hydrogen) atoms. The maximum absolute atomic E-state index is 12.8. The zero-order valence-corrected chi connectivity index (χ0v) is 18.3. The first-order chi connectivity index (χ1) is 15.2. The summed E-state index contributed by atoms with van der Waals surface area (Å²) in [6.45, 7) is 0.956. The summed E-state index contributed by atoms with van der Waals surface area (Å²) in [6.07, 6.45) is 1.31. The van der Waals surface area contributed by atoms with E-state index < -0.39 is 27.2 Å². The molecule has 0 spiro atoms. The predicted molar refractivity (Wildman–Crippen MR) is 115 cm³/mol. The number of carbonyl (C=O) groups is 1. The largest absolute Gasteiger partial charge is 0.379 e. The van der Waals surface area contributed by atoms with Gasteiger partial charge in [0.15, 0.2) is 11.2 Å². The van der Waals surface area contributed by atoms with Crippen LogP contribution in [0.5, 0.6) is 0 Å². The first kappa shape index (κ1) is 21.9. The van der Waals surface area contributed by atoms with Crippen LogP contribution in [0, 0.1) is 0 Å². The lowest BCUT2D eigenvalue weighted by molar-refractivity contribution is -0.116. The molecule has 1 N–H and O–H groups in total. The van der Waals surface area contributed by atoms with Gasteiger partial charge in [-0.25, -0.2) is 18.2 Å². The number of sulfonamides is 1. The van der Waals surface area contributed by atoms with Crippen LogP contribution in [-0.2, 0) is 40.2 Å². The van der Waals surface area contributed by atoms with Crippen LogP contribution in [0.2, 0.25) is 0 Å². The fourth-order valence-electron chi connectivity index (χ4n) is 3.54. The minimum Gasteiger partial charge on any atom is -0.379 e. The molecule has 1 aliphatic heterocycles. The predicted octanol–water partition coefficient (Wildman–Crippen LogP) is -0.907. The molecule has 0 saturated carbocycles. The number of aryl methyl sites for hydroxylation is 1. The molecule has 1 amide bonds. The van der Waals surface area contributed by atoms with E-state index >= 15 is 0 Å². The van der Waals surface area contributed by atoms with E-state index in [-0.39, 0.29) is 35.7 Å². The molecule has 13 heteroatoms. The number of rotatable bonds is 5. The average molecular weight is 462 g/mol. The molecule has 2 aromatic heterocycles. The van der Waals surface area contributed by atoms with Crippen molar-refractivity contribution < 1.29 is 17.9 Å². The van der Waals surface area contributed by atoms with E-state index in [9.17, 15) is 22.8 Å². The SMILES string of the molecule is Cn1c(=O)c2c(ncn2CC(=O)Nc2cccc(S(=O)(=O)N3CCOCC3)c2)n(C)c1=O. The lowest BCUT2D eigenvalue weighted by Crippen LogP contribution is -2.40. The Labute approximate surface area is 182 Å². The Balaban J connectivity index is 1.56. The summed E-state index contributed by atoms with van der Waals surface area (Å²) in [5, 5.41) is 2.65. The number of aromatic nitrogens is 4. The monoisotopic (exact) mass is 462 g/mol. The van der Waals surface area contributed by atoms with Crippen molar-refractivity contribution in [2.45, 2.75) is 11.4 Å². The van der Waals surface area contributed by atoms with E-state index in [4.69, 9.17) is 4.74 Å². The number of hydrogen-bond acceptors (Lipinski definition) is 7. The average Bonchev–Trinajstić information content (AvgIpc) is 3.20. The van der Waals surface area contributed by atoms with E-state index in [0.29, 0.717) is 18.9 Å². The molecule has 0 aliphatic carbocycles. The summed E-state index contributed by atoms with van der Waals surface area (Å²) in [7, 11) is -0.871. The Bertz CT molecular complexity index is 1410. The van der Waals surface area contributed by atoms with Crippen LogP contribution in [0.4, 0.5) is 5.69 Å². The van der Waals surface area contributed by atoms with Crippen molar-refractivity contribution in [1.29, 1.82) is 0 Å². The van der Waals surface area contributed by atoms with Gasteiger partial charge in [0, 0.05) is 32.9 Å². The van der Waals surface area contributed by atoms with Gasteiger partial charge in [-0.05, 0) is 18.2 Å². The van der Waals surface area contributed by atoms with Crippen molar-refractivity contribution in [2.75, 3.05) is 31.6 Å². The maximum Gasteiger partial charge on any atom is 0.332 e. The molecule has 0 bridgehead atoms. The minimum atomic E-state index is -3.71. The Morgan fingerprint density at radius 3 is 2.59 bits per heavy atom. The topological polar surface area (TPSA) is 138 Å². The van der Waals surface area contributed by atoms with Gasteiger partial charge < -0.3 is 14.6 Å². The quantitative estimate of drug-likeness (QED) is 0.518. The number of benzene rings is 1. The van der Waals surface area contributed by atoms with Gasteiger partial charge in [-0.3, -0.25) is 18.7 Å². The number of hydrogen-bond donors (Lipinski definition) is 1. The van der Waals surface area contributed by atoms with Gasteiger partial charge in [-0.2, -0.15) is 4.31 Å². The van der Waals surface area contributed by atoms with Crippen LogP contribution in [-0.4, -0.2) is 63.6 Å². The molecular formula is C19H22N6O6S. The summed E-state index contributed by atoms with van der Waals surface area (Å²) >= 11 is 0. The third-order valence-electron chi connectivity index (χ3n) is 5.26. The van der Waals surface area contributed by atoms with Crippen LogP contribution < -0.4 is 16.6 Å². The molecule has 1 aromatic carbocycles. The number of morpholine rings is 1. The Hall–Kier alpha value is -3.29. The highest BCUT2D eigenvalue weighted by Crippen LogP contribution is 2.20. The molecule has 12 nitrogen and oxygen atoms in total. The third-order valence-corrected chi connectivity index (χ3v) is 7.15. The Morgan fingerprint density at radius 1 is 1.16 bits per heavy atom. The highest BCUT2D eigenvalue weighted by Gasteiger charge is 2.26. The van der Waals surface area contributed by atoms with Crippen molar-refractivity contribution in [3.8, 4) is 0 Å². The molecule has 0 atom stereocenters. The minimum absolute atomic E-state index is 0.0640. The Kier molecular flexibility index (Phi) is 5.71. The fourth-order valence-corrected chi connectivity index (χ4v) is 5.00. The third kappa shape index (κ3) is 3.85. The highest BCUT2D eigenvalue weighted by molar-refractivity contribution is 7.89. The molecule has 3 aromatic rings. The Morgan fingerprint density at radius 2 is 1.88 bits per heavy atom. The zero-order valence-electron chi connectivity index (χ0n) is 17.5. The number of carbonyl (C=O) groups excluding carboxylic acids is 1. The van der Waals surface area contributed by atoms with Gasteiger partial charge in [0.25, 0.3) is 5.56 Å². The van der Waals surface area contributed by atoms with Crippen molar-refractivity contribution in [2.24, 2.45) is 14.1 Å². The second-order valence-electron chi connectivity index (χ2n) is 7.34. The molecular weight excluding hydrogens is 440 g/mol. The number of fused-ring (bicyclic) bond motifs is 1. The second kappa shape index (κ2) is 8.33. The van der Waals surface area contributed by atoms with Crippen LogP contribution >= 0.6 is 0 Å². The highest BCUT2D eigenvalue weighted by atomic mass is 32.2. The summed E-state index contributed by atoms with van der Waals surface area (Å²) < 4.78 is 35.7. The van der Waals surface area contributed by atoms with Crippen LogP contribution in [0.25, 0.3) is 11.2 Å². The van der Waals surface area contributed by atoms with Gasteiger partial charge in [0.1, 0.15) is 6.54 Å². The number of ether oxygens (including phenoxy) is 1. The summed E-state index contributed by atoms with van der Waals surface area (Å²) in [5.74, 6) is -0.485. The molecule has 3 heterocycles. The van der Waals surface area contributed by atoms with E-state index in [0.717, 1.165) is 4.57 Å². The van der Waals surface area contributed by atoms with E-state index in [1.165, 1.54) is 46.0 Å². The lowest BCUT2D eigenvalue weighted by Gasteiger charge is -2.26. The lowest BCUT2D eigenvalue weighted by atomic mass is 10.3. The van der Waals surface area contributed by atoms with Crippen LogP contribution in [0.3, 0.4) is 0 Å². The molecule has 0 unspecified atom stereocenters. The van der Waals surface area contributed by atoms with Gasteiger partial charge in [-0.15, -0.1) is 0 Å². The van der Waals surface area contributed by atoms with Crippen molar-refractivity contribution in [3.63, 3.8) is 0 Å². The number of imidazole rings is 1. The van der Waals surface area contributed by atoms with Crippen LogP contribution in [0.1, 0.15) is 0 Å². The summed E-state index contributed by atoms with van der Waals surface area (Å²) in [4.78, 5) is 41.3. The molecule has 1 saturated heterocycles. The van der Waals surface area contributed by atoms with E-state index in [1.807, 2.05) is 0 Å². The van der Waals surface area contributed by atoms with Crippen LogP contribution in [0.15, 0.2) is 45.1 Å². The zero-order chi connectivity index (χ0) is 23.0. The van der Waals surface area contributed by atoms with E-state index in [1.54, 1.807) is 12.1 Å². The van der Waals surface area contributed by atoms with Gasteiger partial charge in [0.05, 0.1) is 24.4 Å². The van der Waals surface area contributed by atoms with Crippen molar-refractivity contribution in [1.82, 2.24) is 23.0 Å². The molecule has 1 fully saturated rings. The van der Waals surface area contributed by atoms with Crippen molar-refractivity contribution in [3.05, 3.63) is 51.4 Å². The summed E-state index contributed by atoms with van der Waals surface area (Å²) in [5.41, 5.74) is -0.491. The first-order valence-electron chi connectivity index (χ1n) is 9.79. The molecule has 0 radical (unpaired) electrons. The molecule has 4 rings (SSSR count). The maximum atomic E-state index is 12.8. The first-order valence-corrected chi connectivity index (χ1v) is 11.2. The number of anilines is 1. The van der Waals surface area contributed by atoms with E-state index in [2.05, 4.69) is 10.3 Å². The smallest absolute Gasteiger partial charge is 0.332 e. The molecule has 1 aliphatic rings. The standard InChI is InChI=1S/C19H22N6O6S/c1-22-17-16(18(27)23(2)19(22)28)24(12-20-17)11-15(26)21-13-4-3-5-14(10-13)32(29,30)25-6-8-31-9-7-25/h3-5,10,12H,6-9,11H2,1-2H3,(H,21,26).